The van der Waals surface area contributed by atoms with Crippen molar-refractivity contribution in [2.75, 3.05) is 6.61 Å². The number of carbonyl (C=O) groups excluding carboxylic acids is 1. The number of aromatic amines is 1. The minimum Gasteiger partial charge on any atom is -0.462 e. The summed E-state index contributed by atoms with van der Waals surface area (Å²) in [6.07, 6.45) is 1.18. The number of rotatable bonds is 3. The van der Waals surface area contributed by atoms with E-state index in [0.29, 0.717) is 16.9 Å². The standard InChI is InChI=1S/C15H12FN3O3/c1-2-22-15(21)11-8-17-13-7-12(18-19(13)14(11)20)9-4-3-5-10(16)6-9/h3-8,18H,2H2,1H3. The number of nitrogens with one attached hydrogen (secondary N) is 1. The maximum Gasteiger partial charge on any atom is 0.345 e. The molecule has 0 aliphatic heterocycles. The summed E-state index contributed by atoms with van der Waals surface area (Å²) < 4.78 is 19.2. The first-order valence-electron chi connectivity index (χ1n) is 6.64. The minimum atomic E-state index is -0.726. The maximum absolute atomic E-state index is 13.3. The van der Waals surface area contributed by atoms with Crippen LogP contribution in [0.25, 0.3) is 16.9 Å². The summed E-state index contributed by atoms with van der Waals surface area (Å²) in [4.78, 5) is 28.0. The lowest BCUT2D eigenvalue weighted by molar-refractivity contribution is 0.0523. The zero-order valence-corrected chi connectivity index (χ0v) is 11.7. The highest BCUT2D eigenvalue weighted by Gasteiger charge is 2.16. The molecule has 6 nitrogen and oxygen atoms in total. The number of aromatic nitrogens is 3. The molecule has 0 saturated carbocycles. The van der Waals surface area contributed by atoms with E-state index in [-0.39, 0.29) is 18.0 Å². The number of benzene rings is 1. The fraction of sp³-hybridized carbons (Fsp3) is 0.133. The van der Waals surface area contributed by atoms with Gasteiger partial charge in [-0.3, -0.25) is 9.89 Å². The van der Waals surface area contributed by atoms with Crippen molar-refractivity contribution in [3.63, 3.8) is 0 Å². The quantitative estimate of drug-likeness (QED) is 0.751. The molecule has 0 aliphatic carbocycles. The van der Waals surface area contributed by atoms with Crippen molar-refractivity contribution in [1.29, 1.82) is 0 Å². The van der Waals surface area contributed by atoms with E-state index in [1.165, 1.54) is 18.3 Å². The molecule has 7 heteroatoms. The lowest BCUT2D eigenvalue weighted by Crippen LogP contribution is -2.24. The molecule has 0 unspecified atom stereocenters. The molecule has 2 aromatic heterocycles. The second-order valence-electron chi connectivity index (χ2n) is 4.57. The van der Waals surface area contributed by atoms with Gasteiger partial charge in [-0.1, -0.05) is 12.1 Å². The van der Waals surface area contributed by atoms with Gasteiger partial charge in [0.05, 0.1) is 12.3 Å². The van der Waals surface area contributed by atoms with E-state index in [9.17, 15) is 14.0 Å². The van der Waals surface area contributed by atoms with Gasteiger partial charge in [0.1, 0.15) is 11.4 Å². The topological polar surface area (TPSA) is 76.5 Å². The van der Waals surface area contributed by atoms with Crippen molar-refractivity contribution in [2.24, 2.45) is 0 Å². The molecule has 0 aliphatic rings. The maximum atomic E-state index is 13.3. The van der Waals surface area contributed by atoms with E-state index < -0.39 is 11.5 Å². The highest BCUT2D eigenvalue weighted by atomic mass is 19.1. The van der Waals surface area contributed by atoms with Crippen LogP contribution in [0.3, 0.4) is 0 Å². The van der Waals surface area contributed by atoms with Gasteiger partial charge in [0.15, 0.2) is 5.65 Å². The van der Waals surface area contributed by atoms with Crippen LogP contribution in [0, 0.1) is 5.82 Å². The van der Waals surface area contributed by atoms with Gasteiger partial charge in [-0.15, -0.1) is 0 Å². The van der Waals surface area contributed by atoms with Crippen molar-refractivity contribution in [3.8, 4) is 11.3 Å². The fourth-order valence-electron chi connectivity index (χ4n) is 2.11. The Labute approximate surface area is 124 Å². The molecule has 0 spiro atoms. The number of ether oxygens (including phenoxy) is 1. The number of hydrogen-bond donors (Lipinski definition) is 1. The zero-order valence-electron chi connectivity index (χ0n) is 11.7. The van der Waals surface area contributed by atoms with Crippen LogP contribution in [0.5, 0.6) is 0 Å². The first-order chi connectivity index (χ1) is 10.6. The molecular weight excluding hydrogens is 289 g/mol. The Morgan fingerprint density at radius 1 is 1.41 bits per heavy atom. The minimum absolute atomic E-state index is 0.160. The number of fused-ring (bicyclic) bond motifs is 1. The highest BCUT2D eigenvalue weighted by Crippen LogP contribution is 2.19. The molecule has 0 bridgehead atoms. The molecule has 0 fully saturated rings. The van der Waals surface area contributed by atoms with E-state index in [1.807, 2.05) is 0 Å². The van der Waals surface area contributed by atoms with Crippen LogP contribution in [0.4, 0.5) is 4.39 Å². The molecule has 1 aromatic carbocycles. The molecular formula is C15H12FN3O3. The first kappa shape index (κ1) is 14.0. The largest absolute Gasteiger partial charge is 0.462 e. The SMILES string of the molecule is CCOC(=O)c1cnc2cc(-c3cccc(F)c3)[nH]n2c1=O. The van der Waals surface area contributed by atoms with Gasteiger partial charge >= 0.3 is 5.97 Å². The number of carbonyl (C=O) groups is 1. The lowest BCUT2D eigenvalue weighted by atomic mass is 10.1. The normalized spacial score (nSPS) is 10.8. The predicted molar refractivity (Wildman–Crippen MR) is 77.2 cm³/mol. The van der Waals surface area contributed by atoms with E-state index in [2.05, 4.69) is 10.1 Å². The summed E-state index contributed by atoms with van der Waals surface area (Å²) in [6, 6.07) is 7.53. The molecule has 3 rings (SSSR count). The second kappa shape index (κ2) is 5.44. The monoisotopic (exact) mass is 301 g/mol. The number of H-pyrrole nitrogens is 1. The Morgan fingerprint density at radius 3 is 2.95 bits per heavy atom. The summed E-state index contributed by atoms with van der Waals surface area (Å²) in [7, 11) is 0. The summed E-state index contributed by atoms with van der Waals surface area (Å²) in [5, 5.41) is 2.81. The van der Waals surface area contributed by atoms with Crippen molar-refractivity contribution in [3.05, 3.63) is 58.3 Å². The summed E-state index contributed by atoms with van der Waals surface area (Å²) in [5.74, 6) is -1.11. The highest BCUT2D eigenvalue weighted by molar-refractivity contribution is 5.88. The Balaban J connectivity index is 2.13. The Kier molecular flexibility index (Phi) is 3.46. The van der Waals surface area contributed by atoms with Gasteiger partial charge in [-0.2, -0.15) is 0 Å². The van der Waals surface area contributed by atoms with Crippen LogP contribution in [-0.2, 0) is 4.74 Å². The van der Waals surface area contributed by atoms with Crippen molar-refractivity contribution < 1.29 is 13.9 Å². The molecule has 112 valence electrons. The van der Waals surface area contributed by atoms with Gasteiger partial charge in [-0.05, 0) is 19.1 Å². The summed E-state index contributed by atoms with van der Waals surface area (Å²) in [6.45, 7) is 1.82. The molecule has 0 saturated heterocycles. The summed E-state index contributed by atoms with van der Waals surface area (Å²) >= 11 is 0. The number of halogens is 1. The van der Waals surface area contributed by atoms with E-state index >= 15 is 0 Å². The Hall–Kier alpha value is -2.96. The van der Waals surface area contributed by atoms with E-state index in [0.717, 1.165) is 4.52 Å². The van der Waals surface area contributed by atoms with Crippen LogP contribution in [0.2, 0.25) is 0 Å². The summed E-state index contributed by atoms with van der Waals surface area (Å²) in [5.41, 5.74) is 0.697. The number of hydrogen-bond acceptors (Lipinski definition) is 4. The smallest absolute Gasteiger partial charge is 0.345 e. The Bertz CT molecular complexity index is 914. The Morgan fingerprint density at radius 2 is 2.23 bits per heavy atom. The molecule has 3 aromatic rings. The molecule has 0 radical (unpaired) electrons. The molecule has 0 amide bonds. The van der Waals surface area contributed by atoms with E-state index in [1.54, 1.807) is 25.1 Å². The van der Waals surface area contributed by atoms with Gasteiger partial charge in [0.2, 0.25) is 0 Å². The number of esters is 1. The third kappa shape index (κ3) is 2.37. The second-order valence-corrected chi connectivity index (χ2v) is 4.57. The third-order valence-corrected chi connectivity index (χ3v) is 3.13. The third-order valence-electron chi connectivity index (χ3n) is 3.13. The van der Waals surface area contributed by atoms with Gasteiger partial charge in [-0.25, -0.2) is 18.7 Å². The van der Waals surface area contributed by atoms with Crippen molar-refractivity contribution in [2.45, 2.75) is 6.92 Å². The van der Waals surface area contributed by atoms with Gasteiger partial charge < -0.3 is 4.74 Å². The molecule has 0 atom stereocenters. The van der Waals surface area contributed by atoms with Gasteiger partial charge in [0.25, 0.3) is 5.56 Å². The van der Waals surface area contributed by atoms with Crippen LogP contribution in [-0.4, -0.2) is 27.2 Å². The average molecular weight is 301 g/mol. The van der Waals surface area contributed by atoms with E-state index in [4.69, 9.17) is 4.74 Å². The first-order valence-corrected chi connectivity index (χ1v) is 6.64. The zero-order chi connectivity index (χ0) is 15.7. The average Bonchev–Trinajstić information content (AvgIpc) is 2.93. The van der Waals surface area contributed by atoms with Crippen molar-refractivity contribution in [1.82, 2.24) is 14.6 Å². The number of nitrogens with zero attached hydrogens (tertiary/aromatic N) is 2. The molecule has 22 heavy (non-hydrogen) atoms. The fourth-order valence-corrected chi connectivity index (χ4v) is 2.11. The predicted octanol–water partition coefficient (Wildman–Crippen LogP) is 2.01. The molecule has 1 N–H and O–H groups in total. The van der Waals surface area contributed by atoms with Crippen LogP contribution >= 0.6 is 0 Å². The molecule has 2 heterocycles. The van der Waals surface area contributed by atoms with Crippen molar-refractivity contribution >= 4 is 11.6 Å². The van der Waals surface area contributed by atoms with Gasteiger partial charge in [0, 0.05) is 17.8 Å². The lowest BCUT2D eigenvalue weighted by Gasteiger charge is -2.00. The van der Waals surface area contributed by atoms with Crippen LogP contribution in [0.15, 0.2) is 41.3 Å². The van der Waals surface area contributed by atoms with Crippen LogP contribution in [0.1, 0.15) is 17.3 Å². The van der Waals surface area contributed by atoms with Crippen LogP contribution < -0.4 is 5.56 Å².